The second-order valence-corrected chi connectivity index (χ2v) is 5.43. The monoisotopic (exact) mass is 267 g/mol. The maximum Gasteiger partial charge on any atom is 0.176 e. The lowest BCUT2D eigenvalue weighted by atomic mass is 10.2. The van der Waals surface area contributed by atoms with Crippen LogP contribution in [-0.4, -0.2) is 9.78 Å². The number of rotatable bonds is 6. The van der Waals surface area contributed by atoms with Crippen LogP contribution in [0.25, 0.3) is 0 Å². The Morgan fingerprint density at radius 2 is 2.22 bits per heavy atom. The summed E-state index contributed by atoms with van der Waals surface area (Å²) < 4.78 is 14.8. The normalized spacial score (nSPS) is 11.1. The summed E-state index contributed by atoms with van der Waals surface area (Å²) >= 11 is 1.19. The van der Waals surface area contributed by atoms with Crippen molar-refractivity contribution in [2.24, 2.45) is 0 Å². The van der Waals surface area contributed by atoms with Crippen molar-refractivity contribution in [1.29, 1.82) is 0 Å². The summed E-state index contributed by atoms with van der Waals surface area (Å²) in [6, 6.07) is 3.33. The topological polar surface area (TPSA) is 29.9 Å². The van der Waals surface area contributed by atoms with Crippen molar-refractivity contribution >= 4 is 11.3 Å². The number of hydrogen-bond acceptors (Lipinski definition) is 3. The molecular weight excluding hydrogens is 249 g/mol. The van der Waals surface area contributed by atoms with Gasteiger partial charge in [-0.1, -0.05) is 6.92 Å². The van der Waals surface area contributed by atoms with Crippen LogP contribution in [0, 0.1) is 12.1 Å². The number of thiophene rings is 1. The van der Waals surface area contributed by atoms with Gasteiger partial charge in [0, 0.05) is 36.3 Å². The summed E-state index contributed by atoms with van der Waals surface area (Å²) in [5.74, 6) is 0. The molecule has 0 atom stereocenters. The van der Waals surface area contributed by atoms with Crippen LogP contribution in [0.5, 0.6) is 0 Å². The summed E-state index contributed by atoms with van der Waals surface area (Å²) in [4.78, 5) is 1.02. The van der Waals surface area contributed by atoms with E-state index >= 15 is 0 Å². The molecule has 98 valence electrons. The van der Waals surface area contributed by atoms with E-state index in [1.165, 1.54) is 23.0 Å². The molecule has 5 heteroatoms. The number of nitrogens with one attached hydrogen (secondary N) is 1. The first-order valence-corrected chi connectivity index (χ1v) is 6.98. The van der Waals surface area contributed by atoms with Crippen LogP contribution in [0.3, 0.4) is 0 Å². The second kappa shape index (κ2) is 6.11. The molecule has 0 bridgehead atoms. The molecule has 0 aliphatic carbocycles. The second-order valence-electron chi connectivity index (χ2n) is 4.31. The van der Waals surface area contributed by atoms with Crippen LogP contribution in [0.4, 0.5) is 4.39 Å². The van der Waals surface area contributed by atoms with Gasteiger partial charge in [0.2, 0.25) is 0 Å². The molecular formula is C13H18FN3S. The molecule has 0 unspecified atom stereocenters. The van der Waals surface area contributed by atoms with Crippen molar-refractivity contribution in [3.05, 3.63) is 39.6 Å². The smallest absolute Gasteiger partial charge is 0.176 e. The van der Waals surface area contributed by atoms with E-state index in [1.54, 1.807) is 0 Å². The van der Waals surface area contributed by atoms with Crippen LogP contribution >= 0.6 is 11.3 Å². The van der Waals surface area contributed by atoms with Crippen molar-refractivity contribution < 1.29 is 4.39 Å². The lowest BCUT2D eigenvalue weighted by Crippen LogP contribution is -2.11. The average molecular weight is 267 g/mol. The zero-order valence-electron chi connectivity index (χ0n) is 10.7. The van der Waals surface area contributed by atoms with E-state index in [0.29, 0.717) is 6.54 Å². The van der Waals surface area contributed by atoms with Gasteiger partial charge in [0.25, 0.3) is 0 Å². The molecule has 2 rings (SSSR count). The van der Waals surface area contributed by atoms with E-state index in [0.717, 1.165) is 30.1 Å². The molecule has 0 saturated carbocycles. The highest BCUT2D eigenvalue weighted by Gasteiger charge is 2.04. The fraction of sp³-hybridized carbons (Fsp3) is 0.462. The van der Waals surface area contributed by atoms with Gasteiger partial charge in [0.1, 0.15) is 0 Å². The Labute approximate surface area is 111 Å². The van der Waals surface area contributed by atoms with Gasteiger partial charge in [-0.25, -0.2) is 0 Å². The van der Waals surface area contributed by atoms with E-state index < -0.39 is 0 Å². The fourth-order valence-electron chi connectivity index (χ4n) is 1.84. The Morgan fingerprint density at radius 3 is 2.89 bits per heavy atom. The van der Waals surface area contributed by atoms with Crippen molar-refractivity contribution in [3.8, 4) is 0 Å². The molecule has 3 nitrogen and oxygen atoms in total. The molecule has 0 radical (unpaired) electrons. The van der Waals surface area contributed by atoms with Gasteiger partial charge >= 0.3 is 0 Å². The van der Waals surface area contributed by atoms with Gasteiger partial charge in [0.15, 0.2) is 5.13 Å². The standard InChI is InChI=1S/C13H18FN3S/c1-3-6-17-9-11(10(2)16-17)7-15-8-12-4-5-13(14)18-12/h4-5,9,15H,3,6-8H2,1-2H3. The summed E-state index contributed by atoms with van der Waals surface area (Å²) in [7, 11) is 0. The lowest BCUT2D eigenvalue weighted by Gasteiger charge is -2.01. The summed E-state index contributed by atoms with van der Waals surface area (Å²) in [5.41, 5.74) is 2.27. The van der Waals surface area contributed by atoms with Crippen molar-refractivity contribution in [3.63, 3.8) is 0 Å². The molecule has 0 amide bonds. The minimum Gasteiger partial charge on any atom is -0.308 e. The van der Waals surface area contributed by atoms with Crippen LogP contribution in [0.15, 0.2) is 18.3 Å². The predicted octanol–water partition coefficient (Wildman–Crippen LogP) is 3.09. The van der Waals surface area contributed by atoms with E-state index in [-0.39, 0.29) is 5.13 Å². The molecule has 2 aromatic heterocycles. The summed E-state index contributed by atoms with van der Waals surface area (Å²) in [6.07, 6.45) is 3.17. The van der Waals surface area contributed by atoms with E-state index in [4.69, 9.17) is 0 Å². The number of halogens is 1. The molecule has 0 spiro atoms. The van der Waals surface area contributed by atoms with Crippen LogP contribution in [0.1, 0.15) is 29.5 Å². The van der Waals surface area contributed by atoms with Gasteiger partial charge in [-0.05, 0) is 25.5 Å². The van der Waals surface area contributed by atoms with Gasteiger partial charge in [-0.3, -0.25) is 4.68 Å². The molecule has 0 aliphatic heterocycles. The maximum atomic E-state index is 12.8. The molecule has 18 heavy (non-hydrogen) atoms. The molecule has 0 fully saturated rings. The van der Waals surface area contributed by atoms with Crippen molar-refractivity contribution in [1.82, 2.24) is 15.1 Å². The molecule has 1 N–H and O–H groups in total. The summed E-state index contributed by atoms with van der Waals surface area (Å²) in [6.45, 7) is 6.59. The SMILES string of the molecule is CCCn1cc(CNCc2ccc(F)s2)c(C)n1. The minimum absolute atomic E-state index is 0.126. The third kappa shape index (κ3) is 3.40. The Hall–Kier alpha value is -1.20. The first kappa shape index (κ1) is 13.2. The Kier molecular flexibility index (Phi) is 4.49. The maximum absolute atomic E-state index is 12.8. The highest BCUT2D eigenvalue weighted by Crippen LogP contribution is 2.14. The van der Waals surface area contributed by atoms with Crippen molar-refractivity contribution in [2.75, 3.05) is 0 Å². The fourth-order valence-corrected chi connectivity index (χ4v) is 2.54. The highest BCUT2D eigenvalue weighted by molar-refractivity contribution is 7.10. The minimum atomic E-state index is -0.126. The first-order valence-electron chi connectivity index (χ1n) is 6.17. The average Bonchev–Trinajstić information content (AvgIpc) is 2.87. The molecule has 0 aromatic carbocycles. The number of aromatic nitrogens is 2. The van der Waals surface area contributed by atoms with Crippen LogP contribution < -0.4 is 5.32 Å². The Bertz CT molecular complexity index is 504. The summed E-state index contributed by atoms with van der Waals surface area (Å²) in [5, 5.41) is 7.64. The zero-order chi connectivity index (χ0) is 13.0. The van der Waals surface area contributed by atoms with Crippen molar-refractivity contribution in [2.45, 2.75) is 39.9 Å². The molecule has 0 aliphatic rings. The Morgan fingerprint density at radius 1 is 1.39 bits per heavy atom. The number of aryl methyl sites for hydroxylation is 2. The molecule has 0 saturated heterocycles. The van der Waals surface area contributed by atoms with Gasteiger partial charge < -0.3 is 5.32 Å². The highest BCUT2D eigenvalue weighted by atomic mass is 32.1. The predicted molar refractivity (Wildman–Crippen MR) is 72.1 cm³/mol. The molecule has 2 aromatic rings. The molecule has 2 heterocycles. The van der Waals surface area contributed by atoms with Gasteiger partial charge in [-0.2, -0.15) is 9.49 Å². The number of nitrogens with zero attached hydrogens (tertiary/aromatic N) is 2. The van der Waals surface area contributed by atoms with Gasteiger partial charge in [0.05, 0.1) is 5.69 Å². The first-order chi connectivity index (χ1) is 8.69. The zero-order valence-corrected chi connectivity index (χ0v) is 11.6. The number of hydrogen-bond donors (Lipinski definition) is 1. The Balaban J connectivity index is 1.86. The third-order valence-electron chi connectivity index (χ3n) is 2.74. The third-order valence-corrected chi connectivity index (χ3v) is 3.62. The van der Waals surface area contributed by atoms with E-state index in [2.05, 4.69) is 23.5 Å². The van der Waals surface area contributed by atoms with E-state index in [9.17, 15) is 4.39 Å². The van der Waals surface area contributed by atoms with Crippen LogP contribution in [-0.2, 0) is 19.6 Å². The van der Waals surface area contributed by atoms with E-state index in [1.807, 2.05) is 17.7 Å². The van der Waals surface area contributed by atoms with Crippen LogP contribution in [0.2, 0.25) is 0 Å². The quantitative estimate of drug-likeness (QED) is 0.871. The van der Waals surface area contributed by atoms with Gasteiger partial charge in [-0.15, -0.1) is 11.3 Å². The lowest BCUT2D eigenvalue weighted by molar-refractivity contribution is 0.597. The largest absolute Gasteiger partial charge is 0.308 e.